The van der Waals surface area contributed by atoms with Crippen LogP contribution in [0, 0.1) is 5.92 Å². The Morgan fingerprint density at radius 1 is 1.27 bits per heavy atom. The van der Waals surface area contributed by atoms with Gasteiger partial charge in [0.15, 0.2) is 5.78 Å². The van der Waals surface area contributed by atoms with Gasteiger partial charge in [-0.25, -0.2) is 0 Å². The fraction of sp³-hybridized carbons (Fsp3) is 0.333. The first-order valence-electron chi connectivity index (χ1n) is 4.92. The normalized spacial score (nSPS) is 12.1. The lowest BCUT2D eigenvalue weighted by molar-refractivity contribution is -0.137. The molecular formula is C12H14O3. The molecule has 1 aromatic carbocycles. The third-order valence-electron chi connectivity index (χ3n) is 2.30. The van der Waals surface area contributed by atoms with Crippen molar-refractivity contribution in [3.8, 4) is 0 Å². The quantitative estimate of drug-likeness (QED) is 0.752. The third kappa shape index (κ3) is 3.54. The summed E-state index contributed by atoms with van der Waals surface area (Å²) in [4.78, 5) is 22.1. The number of benzene rings is 1. The molecule has 0 saturated carbocycles. The van der Waals surface area contributed by atoms with Gasteiger partial charge in [-0.05, 0) is 6.42 Å². The predicted molar refractivity (Wildman–Crippen MR) is 56.8 cm³/mol. The fourth-order valence-corrected chi connectivity index (χ4v) is 1.36. The number of rotatable bonds is 5. The number of carboxylic acid groups (broad SMARTS) is 1. The number of carbonyl (C=O) groups is 2. The standard InChI is InChI=1S/C12H14O3/c1-9(7-8-11(13)14)12(15)10-5-3-2-4-6-10/h2-6,9H,7-8H2,1H3,(H,13,14)/t9-/m0/s1. The SMILES string of the molecule is C[C@@H](CCC(=O)O)C(=O)c1ccccc1. The largest absolute Gasteiger partial charge is 0.481 e. The molecule has 0 aromatic heterocycles. The lowest BCUT2D eigenvalue weighted by Gasteiger charge is -2.08. The second-order valence-corrected chi connectivity index (χ2v) is 3.56. The van der Waals surface area contributed by atoms with Crippen molar-refractivity contribution in [2.45, 2.75) is 19.8 Å². The summed E-state index contributed by atoms with van der Waals surface area (Å²) in [5, 5.41) is 8.50. The van der Waals surface area contributed by atoms with Crippen LogP contribution < -0.4 is 0 Å². The highest BCUT2D eigenvalue weighted by Crippen LogP contribution is 2.13. The Labute approximate surface area is 88.7 Å². The van der Waals surface area contributed by atoms with Crippen LogP contribution in [0.2, 0.25) is 0 Å². The van der Waals surface area contributed by atoms with Gasteiger partial charge >= 0.3 is 5.97 Å². The van der Waals surface area contributed by atoms with Crippen molar-refractivity contribution in [3.05, 3.63) is 35.9 Å². The van der Waals surface area contributed by atoms with Gasteiger partial charge in [-0.1, -0.05) is 37.3 Å². The lowest BCUT2D eigenvalue weighted by Crippen LogP contribution is -2.12. The summed E-state index contributed by atoms with van der Waals surface area (Å²) >= 11 is 0. The molecule has 0 bridgehead atoms. The number of carbonyl (C=O) groups excluding carboxylic acids is 1. The fourth-order valence-electron chi connectivity index (χ4n) is 1.36. The number of hydrogen-bond donors (Lipinski definition) is 1. The highest BCUT2D eigenvalue weighted by Gasteiger charge is 2.15. The molecule has 3 nitrogen and oxygen atoms in total. The monoisotopic (exact) mass is 206 g/mol. The van der Waals surface area contributed by atoms with E-state index in [0.29, 0.717) is 12.0 Å². The van der Waals surface area contributed by atoms with Crippen molar-refractivity contribution in [1.82, 2.24) is 0 Å². The Balaban J connectivity index is 2.57. The third-order valence-corrected chi connectivity index (χ3v) is 2.30. The van der Waals surface area contributed by atoms with E-state index in [4.69, 9.17) is 5.11 Å². The second kappa shape index (κ2) is 5.29. The highest BCUT2D eigenvalue weighted by atomic mass is 16.4. The van der Waals surface area contributed by atoms with E-state index >= 15 is 0 Å². The van der Waals surface area contributed by atoms with E-state index in [-0.39, 0.29) is 18.1 Å². The minimum absolute atomic E-state index is 0.0110. The summed E-state index contributed by atoms with van der Waals surface area (Å²) in [6, 6.07) is 8.95. The number of aliphatic carboxylic acids is 1. The molecule has 0 heterocycles. The van der Waals surface area contributed by atoms with Crippen molar-refractivity contribution < 1.29 is 14.7 Å². The van der Waals surface area contributed by atoms with Crippen LogP contribution >= 0.6 is 0 Å². The number of ketones is 1. The average Bonchev–Trinajstić information content (AvgIpc) is 2.26. The van der Waals surface area contributed by atoms with E-state index in [1.807, 2.05) is 6.07 Å². The van der Waals surface area contributed by atoms with Crippen LogP contribution in [-0.4, -0.2) is 16.9 Å². The topological polar surface area (TPSA) is 54.4 Å². The highest BCUT2D eigenvalue weighted by molar-refractivity contribution is 5.97. The molecule has 15 heavy (non-hydrogen) atoms. The Kier molecular flexibility index (Phi) is 4.03. The number of hydrogen-bond acceptors (Lipinski definition) is 2. The van der Waals surface area contributed by atoms with Crippen LogP contribution in [0.25, 0.3) is 0 Å². The van der Waals surface area contributed by atoms with Crippen molar-refractivity contribution in [1.29, 1.82) is 0 Å². The Morgan fingerprint density at radius 2 is 1.87 bits per heavy atom. The molecule has 0 aliphatic carbocycles. The van der Waals surface area contributed by atoms with E-state index < -0.39 is 5.97 Å². The van der Waals surface area contributed by atoms with Crippen LogP contribution in [-0.2, 0) is 4.79 Å². The molecule has 0 fully saturated rings. The van der Waals surface area contributed by atoms with Crippen molar-refractivity contribution >= 4 is 11.8 Å². The summed E-state index contributed by atoms with van der Waals surface area (Å²) in [5.41, 5.74) is 0.649. The first-order chi connectivity index (χ1) is 7.11. The van der Waals surface area contributed by atoms with Crippen molar-refractivity contribution in [3.63, 3.8) is 0 Å². The maximum Gasteiger partial charge on any atom is 0.303 e. The molecule has 0 spiro atoms. The molecule has 0 amide bonds. The van der Waals surface area contributed by atoms with Gasteiger partial charge in [-0.2, -0.15) is 0 Å². The smallest absolute Gasteiger partial charge is 0.303 e. The molecule has 1 atom stereocenters. The molecule has 1 rings (SSSR count). The molecule has 1 N–H and O–H groups in total. The summed E-state index contributed by atoms with van der Waals surface area (Å²) in [7, 11) is 0. The van der Waals surface area contributed by atoms with Crippen LogP contribution in [0.5, 0.6) is 0 Å². The van der Waals surface area contributed by atoms with E-state index in [1.165, 1.54) is 0 Å². The van der Waals surface area contributed by atoms with E-state index in [2.05, 4.69) is 0 Å². The van der Waals surface area contributed by atoms with E-state index in [0.717, 1.165) is 0 Å². The number of carboxylic acids is 1. The molecule has 3 heteroatoms. The molecule has 0 aliphatic heterocycles. The maximum atomic E-state index is 11.8. The molecule has 0 unspecified atom stereocenters. The van der Waals surface area contributed by atoms with Gasteiger partial charge in [-0.15, -0.1) is 0 Å². The molecular weight excluding hydrogens is 192 g/mol. The zero-order valence-corrected chi connectivity index (χ0v) is 8.64. The van der Waals surface area contributed by atoms with Crippen LogP contribution in [0.4, 0.5) is 0 Å². The predicted octanol–water partition coefficient (Wildman–Crippen LogP) is 2.37. The van der Waals surface area contributed by atoms with Crippen LogP contribution in [0.1, 0.15) is 30.1 Å². The molecule has 1 aromatic rings. The summed E-state index contributed by atoms with van der Waals surface area (Å²) in [5.74, 6) is -1.08. The van der Waals surface area contributed by atoms with Gasteiger partial charge in [0.2, 0.25) is 0 Å². The molecule has 0 saturated heterocycles. The Hall–Kier alpha value is -1.64. The second-order valence-electron chi connectivity index (χ2n) is 3.56. The van der Waals surface area contributed by atoms with Gasteiger partial charge in [0.05, 0.1) is 0 Å². The maximum absolute atomic E-state index is 11.8. The minimum atomic E-state index is -0.859. The first kappa shape index (κ1) is 11.4. The van der Waals surface area contributed by atoms with Gasteiger partial charge in [0.1, 0.15) is 0 Å². The average molecular weight is 206 g/mol. The van der Waals surface area contributed by atoms with Gasteiger partial charge in [-0.3, -0.25) is 9.59 Å². The van der Waals surface area contributed by atoms with Crippen LogP contribution in [0.15, 0.2) is 30.3 Å². The van der Waals surface area contributed by atoms with Gasteiger partial charge in [0.25, 0.3) is 0 Å². The zero-order valence-electron chi connectivity index (χ0n) is 8.64. The zero-order chi connectivity index (χ0) is 11.3. The van der Waals surface area contributed by atoms with E-state index in [1.54, 1.807) is 31.2 Å². The lowest BCUT2D eigenvalue weighted by atomic mass is 9.95. The van der Waals surface area contributed by atoms with Crippen molar-refractivity contribution in [2.24, 2.45) is 5.92 Å². The minimum Gasteiger partial charge on any atom is -0.481 e. The molecule has 0 radical (unpaired) electrons. The molecule has 80 valence electrons. The van der Waals surface area contributed by atoms with Crippen LogP contribution in [0.3, 0.4) is 0 Å². The van der Waals surface area contributed by atoms with Crippen molar-refractivity contribution in [2.75, 3.05) is 0 Å². The van der Waals surface area contributed by atoms with E-state index in [9.17, 15) is 9.59 Å². The first-order valence-corrected chi connectivity index (χ1v) is 4.92. The molecule has 0 aliphatic rings. The van der Waals surface area contributed by atoms with Gasteiger partial charge in [0, 0.05) is 17.9 Å². The summed E-state index contributed by atoms with van der Waals surface area (Å²) < 4.78 is 0. The van der Waals surface area contributed by atoms with Gasteiger partial charge < -0.3 is 5.11 Å². The number of Topliss-reactive ketones (excluding diaryl/α,β-unsaturated/α-hetero) is 1. The Bertz CT molecular complexity index is 343. The summed E-state index contributed by atoms with van der Waals surface area (Å²) in [6.07, 6.45) is 0.433. The Morgan fingerprint density at radius 3 is 2.40 bits per heavy atom. The summed E-state index contributed by atoms with van der Waals surface area (Å²) in [6.45, 7) is 1.76.